The van der Waals surface area contributed by atoms with E-state index in [0.717, 1.165) is 12.0 Å². The van der Waals surface area contributed by atoms with E-state index in [-0.39, 0.29) is 23.7 Å². The number of piperidine rings is 1. The fourth-order valence-corrected chi connectivity index (χ4v) is 3.63. The fraction of sp³-hybridized carbons (Fsp3) is 0.611. The number of hydrogen-bond acceptors (Lipinski definition) is 3. The number of ether oxygens (including phenoxy) is 1. The van der Waals surface area contributed by atoms with Crippen molar-refractivity contribution in [2.24, 2.45) is 11.8 Å². The largest absolute Gasteiger partial charge is 0.465 e. The summed E-state index contributed by atoms with van der Waals surface area (Å²) in [6, 6.07) is 7.50. The normalized spacial score (nSPS) is 25.0. The second-order valence-corrected chi connectivity index (χ2v) is 7.40. The van der Waals surface area contributed by atoms with Gasteiger partial charge in [-0.1, -0.05) is 23.7 Å². The van der Waals surface area contributed by atoms with Crippen LogP contribution in [0.4, 0.5) is 13.2 Å². The molecule has 7 heteroatoms. The Kier molecular flexibility index (Phi) is 5.58. The van der Waals surface area contributed by atoms with Gasteiger partial charge in [0.15, 0.2) is 0 Å². The van der Waals surface area contributed by atoms with Gasteiger partial charge in [-0.05, 0) is 61.9 Å². The molecule has 3 rings (SSSR count). The van der Waals surface area contributed by atoms with Crippen LogP contribution in [0.2, 0.25) is 5.02 Å². The minimum atomic E-state index is -4.15. The average molecular weight is 376 g/mol. The van der Waals surface area contributed by atoms with Crippen LogP contribution in [-0.4, -0.2) is 43.3 Å². The molecule has 0 amide bonds. The molecule has 2 fully saturated rings. The molecule has 3 nitrogen and oxygen atoms in total. The number of carbonyl (C=O) groups excluding carboxylic acids is 1. The first-order valence-corrected chi connectivity index (χ1v) is 8.91. The standard InChI is InChI=1S/C18H21ClF3NO2/c19-14-3-1-2-13(8-14)15-9-16(15)17(24)25-10-12-4-6-23(7-5-12)11-18(20,21)22/h1-3,8,12,15-16H,4-7,9-11H2. The zero-order valence-electron chi connectivity index (χ0n) is 13.8. The molecule has 0 N–H and O–H groups in total. The lowest BCUT2D eigenvalue weighted by Gasteiger charge is -2.32. The van der Waals surface area contributed by atoms with Crippen LogP contribution in [0, 0.1) is 11.8 Å². The van der Waals surface area contributed by atoms with Gasteiger partial charge in [0.25, 0.3) is 0 Å². The molecule has 138 valence electrons. The van der Waals surface area contributed by atoms with E-state index in [2.05, 4.69) is 0 Å². The summed E-state index contributed by atoms with van der Waals surface area (Å²) < 4.78 is 42.5. The molecule has 0 bridgehead atoms. The molecule has 2 unspecified atom stereocenters. The van der Waals surface area contributed by atoms with Crippen LogP contribution < -0.4 is 0 Å². The number of likely N-dealkylation sites (tertiary alicyclic amines) is 1. The van der Waals surface area contributed by atoms with Crippen molar-refractivity contribution in [3.8, 4) is 0 Å². The van der Waals surface area contributed by atoms with Crippen molar-refractivity contribution in [1.29, 1.82) is 0 Å². The number of benzene rings is 1. The van der Waals surface area contributed by atoms with Crippen molar-refractivity contribution in [2.75, 3.05) is 26.2 Å². The molecular weight excluding hydrogens is 355 g/mol. The molecule has 1 saturated heterocycles. The molecule has 1 heterocycles. The third-order valence-electron chi connectivity index (χ3n) is 4.94. The lowest BCUT2D eigenvalue weighted by Crippen LogP contribution is -2.41. The zero-order chi connectivity index (χ0) is 18.0. The number of rotatable bonds is 5. The fourth-order valence-electron chi connectivity index (χ4n) is 3.43. The Labute approximate surface area is 150 Å². The third-order valence-corrected chi connectivity index (χ3v) is 5.18. The Morgan fingerprint density at radius 1 is 1.28 bits per heavy atom. The van der Waals surface area contributed by atoms with Crippen LogP contribution in [0.15, 0.2) is 24.3 Å². The third kappa shape index (κ3) is 5.35. The monoisotopic (exact) mass is 375 g/mol. The van der Waals surface area contributed by atoms with E-state index in [1.165, 1.54) is 4.90 Å². The van der Waals surface area contributed by atoms with Crippen LogP contribution in [-0.2, 0) is 9.53 Å². The van der Waals surface area contributed by atoms with Crippen LogP contribution in [0.3, 0.4) is 0 Å². The number of carbonyl (C=O) groups is 1. The lowest BCUT2D eigenvalue weighted by atomic mass is 9.98. The number of halogens is 4. The maximum atomic E-state index is 12.4. The topological polar surface area (TPSA) is 29.5 Å². The van der Waals surface area contributed by atoms with E-state index >= 15 is 0 Å². The molecule has 1 aromatic rings. The number of nitrogens with zero attached hydrogens (tertiary/aromatic N) is 1. The first-order chi connectivity index (χ1) is 11.8. The van der Waals surface area contributed by atoms with Crippen molar-refractivity contribution in [1.82, 2.24) is 4.90 Å². The van der Waals surface area contributed by atoms with Crippen molar-refractivity contribution in [3.63, 3.8) is 0 Å². The Balaban J connectivity index is 1.38. The lowest BCUT2D eigenvalue weighted by molar-refractivity contribution is -0.151. The number of hydrogen-bond donors (Lipinski definition) is 0. The summed E-state index contributed by atoms with van der Waals surface area (Å²) in [7, 11) is 0. The molecule has 25 heavy (non-hydrogen) atoms. The smallest absolute Gasteiger partial charge is 0.401 e. The van der Waals surface area contributed by atoms with Gasteiger partial charge in [0.2, 0.25) is 0 Å². The van der Waals surface area contributed by atoms with E-state index in [1.54, 1.807) is 6.07 Å². The van der Waals surface area contributed by atoms with Gasteiger partial charge in [0, 0.05) is 5.02 Å². The summed E-state index contributed by atoms with van der Waals surface area (Å²) in [5, 5.41) is 0.655. The van der Waals surface area contributed by atoms with E-state index < -0.39 is 12.7 Å². The Morgan fingerprint density at radius 2 is 2.00 bits per heavy atom. The highest BCUT2D eigenvalue weighted by Crippen LogP contribution is 2.48. The summed E-state index contributed by atoms with van der Waals surface area (Å²) in [5.74, 6) is -0.0110. The van der Waals surface area contributed by atoms with Gasteiger partial charge in [-0.15, -0.1) is 0 Å². The summed E-state index contributed by atoms with van der Waals surface area (Å²) in [5.41, 5.74) is 1.05. The van der Waals surface area contributed by atoms with E-state index in [1.807, 2.05) is 18.2 Å². The molecule has 2 aliphatic rings. The first-order valence-electron chi connectivity index (χ1n) is 8.53. The first kappa shape index (κ1) is 18.5. The summed E-state index contributed by atoms with van der Waals surface area (Å²) in [6.45, 7) is 0.243. The SMILES string of the molecule is O=C(OCC1CCN(CC(F)(F)F)CC1)C1CC1c1cccc(Cl)c1. The highest BCUT2D eigenvalue weighted by molar-refractivity contribution is 6.30. The van der Waals surface area contributed by atoms with Gasteiger partial charge in [-0.25, -0.2) is 0 Å². The molecule has 0 radical (unpaired) electrons. The van der Waals surface area contributed by atoms with Gasteiger partial charge in [0.05, 0.1) is 19.1 Å². The second kappa shape index (κ2) is 7.54. The minimum absolute atomic E-state index is 0.121. The van der Waals surface area contributed by atoms with Crippen LogP contribution >= 0.6 is 11.6 Å². The second-order valence-electron chi connectivity index (χ2n) is 6.97. The predicted molar refractivity (Wildman–Crippen MR) is 88.5 cm³/mol. The van der Waals surface area contributed by atoms with E-state index in [4.69, 9.17) is 16.3 Å². The molecule has 0 spiro atoms. The molecule has 2 atom stereocenters. The zero-order valence-corrected chi connectivity index (χ0v) is 14.5. The van der Waals surface area contributed by atoms with Crippen LogP contribution in [0.1, 0.15) is 30.7 Å². The van der Waals surface area contributed by atoms with Crippen LogP contribution in [0.5, 0.6) is 0 Å². The number of alkyl halides is 3. The maximum Gasteiger partial charge on any atom is 0.401 e. The molecule has 0 aromatic heterocycles. The summed E-state index contributed by atoms with van der Waals surface area (Å²) >= 11 is 5.97. The Morgan fingerprint density at radius 3 is 2.64 bits per heavy atom. The number of esters is 1. The van der Waals surface area contributed by atoms with Crippen LogP contribution in [0.25, 0.3) is 0 Å². The van der Waals surface area contributed by atoms with Gasteiger partial charge < -0.3 is 4.74 Å². The maximum absolute atomic E-state index is 12.4. The summed E-state index contributed by atoms with van der Waals surface area (Å²) in [6.07, 6.45) is -2.12. The van der Waals surface area contributed by atoms with Crippen molar-refractivity contribution < 1.29 is 22.7 Å². The van der Waals surface area contributed by atoms with Crippen molar-refractivity contribution >= 4 is 17.6 Å². The Hall–Kier alpha value is -1.27. The molecular formula is C18H21ClF3NO2. The van der Waals surface area contributed by atoms with E-state index in [0.29, 0.717) is 37.6 Å². The van der Waals surface area contributed by atoms with Gasteiger partial charge in [0.1, 0.15) is 0 Å². The van der Waals surface area contributed by atoms with Gasteiger partial charge in [-0.2, -0.15) is 13.2 Å². The van der Waals surface area contributed by atoms with Gasteiger partial charge >= 0.3 is 12.1 Å². The highest BCUT2D eigenvalue weighted by atomic mass is 35.5. The summed E-state index contributed by atoms with van der Waals surface area (Å²) in [4.78, 5) is 13.6. The minimum Gasteiger partial charge on any atom is -0.465 e. The predicted octanol–water partition coefficient (Wildman–Crippen LogP) is 4.26. The Bertz CT molecular complexity index is 615. The quantitative estimate of drug-likeness (QED) is 0.720. The molecule has 1 saturated carbocycles. The molecule has 1 aliphatic carbocycles. The molecule has 1 aromatic carbocycles. The average Bonchev–Trinajstić information content (AvgIpc) is 3.33. The molecule has 1 aliphatic heterocycles. The van der Waals surface area contributed by atoms with E-state index in [9.17, 15) is 18.0 Å². The van der Waals surface area contributed by atoms with Crippen molar-refractivity contribution in [3.05, 3.63) is 34.9 Å². The van der Waals surface area contributed by atoms with Gasteiger partial charge in [-0.3, -0.25) is 9.69 Å². The van der Waals surface area contributed by atoms with Crippen molar-refractivity contribution in [2.45, 2.75) is 31.4 Å². The highest BCUT2D eigenvalue weighted by Gasteiger charge is 2.45.